The zero-order chi connectivity index (χ0) is 15.1. The molecule has 0 N–H and O–H groups in total. The van der Waals surface area contributed by atoms with Gasteiger partial charge in [0.1, 0.15) is 0 Å². The van der Waals surface area contributed by atoms with Gasteiger partial charge in [0.2, 0.25) is 0 Å². The van der Waals surface area contributed by atoms with Crippen LogP contribution >= 0.6 is 44.8 Å². The van der Waals surface area contributed by atoms with Crippen molar-refractivity contribution in [3.63, 3.8) is 0 Å². The Labute approximate surface area is 144 Å². The van der Waals surface area contributed by atoms with E-state index in [1.54, 1.807) is 0 Å². The molecule has 0 heterocycles. The van der Waals surface area contributed by atoms with E-state index >= 15 is 0 Å². The van der Waals surface area contributed by atoms with E-state index in [1.807, 2.05) is 21.6 Å². The highest BCUT2D eigenvalue weighted by Gasteiger charge is 2.08. The summed E-state index contributed by atoms with van der Waals surface area (Å²) in [7, 11) is 3.79. The van der Waals surface area contributed by atoms with Crippen molar-refractivity contribution in [3.8, 4) is 0 Å². The second-order valence-corrected chi connectivity index (χ2v) is 9.25. The van der Waals surface area contributed by atoms with Crippen molar-refractivity contribution >= 4 is 44.8 Å². The Morgan fingerprint density at radius 3 is 1.40 bits per heavy atom. The van der Waals surface area contributed by atoms with Crippen molar-refractivity contribution in [1.29, 1.82) is 0 Å². The van der Waals surface area contributed by atoms with Crippen LogP contribution in [-0.2, 0) is 0 Å². The average molecular weight is 359 g/mol. The van der Waals surface area contributed by atoms with Gasteiger partial charge < -0.3 is 0 Å². The fraction of sp³-hybridized carbons (Fsp3) is 1.00. The maximum atomic E-state index is 6.33. The first-order chi connectivity index (χ1) is 9.70. The first-order valence-electron chi connectivity index (χ1n) is 8.23. The number of alkyl halides is 2. The Bertz CT molecular complexity index is 171. The Balaban J connectivity index is 3.28. The van der Waals surface area contributed by atoms with E-state index in [4.69, 9.17) is 23.2 Å². The van der Waals surface area contributed by atoms with Crippen molar-refractivity contribution < 1.29 is 0 Å². The summed E-state index contributed by atoms with van der Waals surface area (Å²) >= 11 is 12.7. The van der Waals surface area contributed by atoms with Gasteiger partial charge >= 0.3 is 0 Å². The molecule has 0 bridgehead atoms. The van der Waals surface area contributed by atoms with Crippen molar-refractivity contribution in [1.82, 2.24) is 0 Å². The highest BCUT2D eigenvalue weighted by molar-refractivity contribution is 8.76. The van der Waals surface area contributed by atoms with Crippen molar-refractivity contribution in [2.75, 3.05) is 11.5 Å². The van der Waals surface area contributed by atoms with E-state index in [-0.39, 0.29) is 0 Å². The highest BCUT2D eigenvalue weighted by atomic mass is 35.5. The number of halogens is 2. The predicted molar refractivity (Wildman–Crippen MR) is 102 cm³/mol. The first-order valence-corrected chi connectivity index (χ1v) is 11.6. The Kier molecular flexibility index (Phi) is 17.7. The topological polar surface area (TPSA) is 0 Å². The molecule has 0 radical (unpaired) electrons. The molecule has 4 heteroatoms. The lowest BCUT2D eigenvalue weighted by atomic mass is 10.1. The Hall–Kier alpha value is 1.28. The molecule has 20 heavy (non-hydrogen) atoms. The van der Waals surface area contributed by atoms with E-state index in [0.717, 1.165) is 24.3 Å². The molecule has 0 amide bonds. The molecule has 0 aliphatic carbocycles. The number of rotatable bonds is 15. The maximum absolute atomic E-state index is 6.33. The van der Waals surface area contributed by atoms with Crippen LogP contribution < -0.4 is 0 Å². The van der Waals surface area contributed by atoms with E-state index in [2.05, 4.69) is 13.8 Å². The molecule has 0 spiro atoms. The van der Waals surface area contributed by atoms with Crippen molar-refractivity contribution in [3.05, 3.63) is 0 Å². The fourth-order valence-electron chi connectivity index (χ4n) is 2.00. The molecule has 0 aliphatic heterocycles. The van der Waals surface area contributed by atoms with Gasteiger partial charge in [-0.2, -0.15) is 0 Å². The third-order valence-corrected chi connectivity index (χ3v) is 6.99. The third-order valence-electron chi connectivity index (χ3n) is 3.32. The molecule has 0 aromatic heterocycles. The lowest BCUT2D eigenvalue weighted by molar-refractivity contribution is 0.630. The van der Waals surface area contributed by atoms with Gasteiger partial charge in [0.15, 0.2) is 0 Å². The van der Waals surface area contributed by atoms with Crippen LogP contribution in [0.3, 0.4) is 0 Å². The van der Waals surface area contributed by atoms with E-state index < -0.39 is 0 Å². The van der Waals surface area contributed by atoms with Crippen LogP contribution in [0.15, 0.2) is 0 Å². The molecular formula is C16H32Cl2S2. The minimum Gasteiger partial charge on any atom is -0.122 e. The summed E-state index contributed by atoms with van der Waals surface area (Å²) in [5, 5.41) is 0.672. The van der Waals surface area contributed by atoms with Crippen LogP contribution in [0.4, 0.5) is 0 Å². The number of hydrogen-bond acceptors (Lipinski definition) is 2. The molecule has 2 atom stereocenters. The second-order valence-electron chi connectivity index (χ2n) is 5.46. The standard InChI is InChI=1S/C16H32Cl2S2/c1-3-5-7-9-11-15(17)13-19-20-14-16(18)12-10-8-6-4-2/h15-16H,3-14H2,1-2H3. The van der Waals surface area contributed by atoms with Crippen molar-refractivity contribution in [2.45, 2.75) is 88.8 Å². The summed E-state index contributed by atoms with van der Waals surface area (Å²) in [4.78, 5) is 0. The smallest absolute Gasteiger partial charge is 0.0434 e. The molecule has 0 aliphatic rings. The van der Waals surface area contributed by atoms with E-state index in [0.29, 0.717) is 10.8 Å². The SMILES string of the molecule is CCCCCCC(Cl)CSSCC(Cl)CCCCCC. The zero-order valence-electron chi connectivity index (χ0n) is 13.2. The molecule has 0 aromatic rings. The average Bonchev–Trinajstić information content (AvgIpc) is 2.44. The maximum Gasteiger partial charge on any atom is 0.0434 e. The van der Waals surface area contributed by atoms with Crippen LogP contribution in [0, 0.1) is 0 Å². The van der Waals surface area contributed by atoms with Crippen LogP contribution in [-0.4, -0.2) is 22.3 Å². The van der Waals surface area contributed by atoms with Crippen LogP contribution in [0.5, 0.6) is 0 Å². The van der Waals surface area contributed by atoms with Gasteiger partial charge in [-0.3, -0.25) is 0 Å². The highest BCUT2D eigenvalue weighted by Crippen LogP contribution is 2.28. The fourth-order valence-corrected chi connectivity index (χ4v) is 5.51. The minimum absolute atomic E-state index is 0.336. The van der Waals surface area contributed by atoms with Gasteiger partial charge in [-0.25, -0.2) is 0 Å². The van der Waals surface area contributed by atoms with E-state index in [1.165, 1.54) is 51.4 Å². The lowest BCUT2D eigenvalue weighted by Crippen LogP contribution is -2.03. The largest absolute Gasteiger partial charge is 0.122 e. The lowest BCUT2D eigenvalue weighted by Gasteiger charge is -2.10. The summed E-state index contributed by atoms with van der Waals surface area (Å²) in [6, 6.07) is 0. The molecule has 0 aromatic carbocycles. The quantitative estimate of drug-likeness (QED) is 0.168. The molecule has 0 nitrogen and oxygen atoms in total. The molecule has 0 rings (SSSR count). The van der Waals surface area contributed by atoms with Crippen LogP contribution in [0.2, 0.25) is 0 Å². The summed E-state index contributed by atoms with van der Waals surface area (Å²) in [6.45, 7) is 4.49. The van der Waals surface area contributed by atoms with Gasteiger partial charge in [-0.1, -0.05) is 86.8 Å². The Morgan fingerprint density at radius 1 is 0.650 bits per heavy atom. The molecular weight excluding hydrogens is 327 g/mol. The molecule has 0 fully saturated rings. The zero-order valence-corrected chi connectivity index (χ0v) is 16.4. The van der Waals surface area contributed by atoms with Gasteiger partial charge in [0.05, 0.1) is 0 Å². The van der Waals surface area contributed by atoms with Gasteiger partial charge in [0.25, 0.3) is 0 Å². The van der Waals surface area contributed by atoms with Gasteiger partial charge in [-0.15, -0.1) is 23.2 Å². The van der Waals surface area contributed by atoms with E-state index in [9.17, 15) is 0 Å². The Morgan fingerprint density at radius 2 is 1.05 bits per heavy atom. The first kappa shape index (κ1) is 21.3. The molecule has 0 saturated carbocycles. The van der Waals surface area contributed by atoms with Crippen LogP contribution in [0.1, 0.15) is 78.1 Å². The number of unbranched alkanes of at least 4 members (excludes halogenated alkanes) is 6. The monoisotopic (exact) mass is 358 g/mol. The molecule has 0 saturated heterocycles. The van der Waals surface area contributed by atoms with Gasteiger partial charge in [0, 0.05) is 22.3 Å². The van der Waals surface area contributed by atoms with Crippen LogP contribution in [0.25, 0.3) is 0 Å². The summed E-state index contributed by atoms with van der Waals surface area (Å²) in [5.41, 5.74) is 0. The minimum atomic E-state index is 0.336. The summed E-state index contributed by atoms with van der Waals surface area (Å²) in [5.74, 6) is 2.11. The number of hydrogen-bond donors (Lipinski definition) is 0. The van der Waals surface area contributed by atoms with Gasteiger partial charge in [-0.05, 0) is 12.8 Å². The molecule has 122 valence electrons. The third kappa shape index (κ3) is 15.7. The van der Waals surface area contributed by atoms with Crippen molar-refractivity contribution in [2.24, 2.45) is 0 Å². The second kappa shape index (κ2) is 16.6. The summed E-state index contributed by atoms with van der Waals surface area (Å²) in [6.07, 6.45) is 12.8. The normalized spacial score (nSPS) is 14.4. The predicted octanol–water partition coefficient (Wildman–Crippen LogP) is 7.52. The molecule has 2 unspecified atom stereocenters. The summed E-state index contributed by atoms with van der Waals surface area (Å²) < 4.78 is 0.